The summed E-state index contributed by atoms with van der Waals surface area (Å²) in [5.41, 5.74) is 0.987. The third-order valence-electron chi connectivity index (χ3n) is 3.72. The zero-order valence-electron chi connectivity index (χ0n) is 13.3. The summed E-state index contributed by atoms with van der Waals surface area (Å²) in [6, 6.07) is 4.92. The van der Waals surface area contributed by atoms with Crippen molar-refractivity contribution in [1.29, 1.82) is 0 Å². The van der Waals surface area contributed by atoms with Gasteiger partial charge >= 0.3 is 0 Å². The predicted molar refractivity (Wildman–Crippen MR) is 86.9 cm³/mol. The molecule has 0 atom stereocenters. The Balaban J connectivity index is 1.91. The van der Waals surface area contributed by atoms with Crippen molar-refractivity contribution in [3.05, 3.63) is 23.8 Å². The van der Waals surface area contributed by atoms with Crippen LogP contribution in [0.2, 0.25) is 0 Å². The molecule has 21 heavy (non-hydrogen) atoms. The summed E-state index contributed by atoms with van der Waals surface area (Å²) < 4.78 is 5.61. The van der Waals surface area contributed by atoms with Crippen molar-refractivity contribution in [3.63, 3.8) is 0 Å². The van der Waals surface area contributed by atoms with E-state index in [2.05, 4.69) is 6.92 Å². The van der Waals surface area contributed by atoms with Gasteiger partial charge in [0.25, 0.3) is 0 Å². The van der Waals surface area contributed by atoms with Crippen molar-refractivity contribution in [2.75, 3.05) is 13.2 Å². The fourth-order valence-electron chi connectivity index (χ4n) is 2.35. The number of ether oxygens (including phenoxy) is 1. The number of benzene rings is 1. The van der Waals surface area contributed by atoms with E-state index in [1.165, 1.54) is 51.0 Å². The first kappa shape index (κ1) is 17.8. The van der Waals surface area contributed by atoms with Gasteiger partial charge in [0.15, 0.2) is 11.5 Å². The molecule has 0 unspecified atom stereocenters. The number of hydrogen-bond acceptors (Lipinski definition) is 3. The highest BCUT2D eigenvalue weighted by Gasteiger charge is 2.00. The van der Waals surface area contributed by atoms with Gasteiger partial charge < -0.3 is 14.9 Å². The topological polar surface area (TPSA) is 49.7 Å². The van der Waals surface area contributed by atoms with Crippen molar-refractivity contribution in [1.82, 2.24) is 0 Å². The quantitative estimate of drug-likeness (QED) is 0.430. The number of rotatable bonds is 12. The summed E-state index contributed by atoms with van der Waals surface area (Å²) in [5, 5.41) is 18.6. The third-order valence-corrected chi connectivity index (χ3v) is 3.72. The van der Waals surface area contributed by atoms with Crippen molar-refractivity contribution in [2.45, 2.75) is 64.7 Å². The highest BCUT2D eigenvalue weighted by Crippen LogP contribution is 2.24. The van der Waals surface area contributed by atoms with Gasteiger partial charge in [0.05, 0.1) is 6.61 Å². The Bertz CT molecular complexity index is 377. The predicted octanol–water partition coefficient (Wildman–Crippen LogP) is 4.80. The van der Waals surface area contributed by atoms with Crippen molar-refractivity contribution in [3.8, 4) is 11.5 Å². The monoisotopic (exact) mass is 294 g/mol. The van der Waals surface area contributed by atoms with Gasteiger partial charge in [-0.3, -0.25) is 0 Å². The number of phenolic OH excluding ortho intramolecular Hbond substituents is 2. The highest BCUT2D eigenvalue weighted by atomic mass is 16.5. The standard InChI is InChI=1S/C18H30O3/c1-2-3-4-5-6-7-8-9-13-21-14-12-16-10-11-17(19)18(20)15-16/h10-11,15,19-20H,2-9,12-14H2,1H3. The molecule has 3 nitrogen and oxygen atoms in total. The van der Waals surface area contributed by atoms with Crippen molar-refractivity contribution >= 4 is 0 Å². The van der Waals surface area contributed by atoms with Crippen LogP contribution in [-0.2, 0) is 11.2 Å². The zero-order chi connectivity index (χ0) is 15.3. The molecule has 0 saturated heterocycles. The van der Waals surface area contributed by atoms with Crippen LogP contribution in [0.3, 0.4) is 0 Å². The summed E-state index contributed by atoms with van der Waals surface area (Å²) in [6.45, 7) is 3.73. The lowest BCUT2D eigenvalue weighted by Gasteiger charge is -2.06. The molecule has 0 aromatic heterocycles. The van der Waals surface area contributed by atoms with Crippen molar-refractivity contribution in [2.24, 2.45) is 0 Å². The maximum absolute atomic E-state index is 9.39. The molecule has 0 aliphatic carbocycles. The number of unbranched alkanes of at least 4 members (excludes halogenated alkanes) is 7. The molecule has 2 N–H and O–H groups in total. The van der Waals surface area contributed by atoms with E-state index in [4.69, 9.17) is 4.74 Å². The van der Waals surface area contributed by atoms with E-state index < -0.39 is 0 Å². The Morgan fingerprint density at radius 3 is 2.14 bits per heavy atom. The van der Waals surface area contributed by atoms with Gasteiger partial charge in [-0.05, 0) is 30.5 Å². The van der Waals surface area contributed by atoms with Crippen LogP contribution < -0.4 is 0 Å². The fraction of sp³-hybridized carbons (Fsp3) is 0.667. The minimum Gasteiger partial charge on any atom is -0.504 e. The Kier molecular flexibility index (Phi) is 9.71. The van der Waals surface area contributed by atoms with Crippen LogP contribution in [0.25, 0.3) is 0 Å². The van der Waals surface area contributed by atoms with Gasteiger partial charge in [0, 0.05) is 6.61 Å². The maximum Gasteiger partial charge on any atom is 0.157 e. The average molecular weight is 294 g/mol. The molecule has 0 saturated carbocycles. The SMILES string of the molecule is CCCCCCCCCCOCCc1ccc(O)c(O)c1. The van der Waals surface area contributed by atoms with Crippen LogP contribution in [0.1, 0.15) is 63.9 Å². The van der Waals surface area contributed by atoms with E-state index in [0.717, 1.165) is 25.0 Å². The lowest BCUT2D eigenvalue weighted by Crippen LogP contribution is -2.00. The molecule has 120 valence electrons. The second-order valence-electron chi connectivity index (χ2n) is 5.66. The van der Waals surface area contributed by atoms with Gasteiger partial charge in [-0.25, -0.2) is 0 Å². The lowest BCUT2D eigenvalue weighted by atomic mass is 10.1. The van der Waals surface area contributed by atoms with Gasteiger partial charge in [0.2, 0.25) is 0 Å². The lowest BCUT2D eigenvalue weighted by molar-refractivity contribution is 0.132. The number of hydrogen-bond donors (Lipinski definition) is 2. The molecule has 1 rings (SSSR count). The smallest absolute Gasteiger partial charge is 0.157 e. The molecule has 0 spiro atoms. The summed E-state index contributed by atoms with van der Waals surface area (Å²) in [5.74, 6) is -0.130. The average Bonchev–Trinajstić information content (AvgIpc) is 2.48. The summed E-state index contributed by atoms with van der Waals surface area (Å²) in [4.78, 5) is 0. The molecule has 0 amide bonds. The van der Waals surface area contributed by atoms with Crippen LogP contribution in [-0.4, -0.2) is 23.4 Å². The second kappa shape index (κ2) is 11.4. The highest BCUT2D eigenvalue weighted by molar-refractivity contribution is 5.40. The minimum absolute atomic E-state index is 0.0597. The molecular weight excluding hydrogens is 264 g/mol. The van der Waals surface area contributed by atoms with Gasteiger partial charge in [0.1, 0.15) is 0 Å². The normalized spacial score (nSPS) is 10.9. The Morgan fingerprint density at radius 2 is 1.48 bits per heavy atom. The Hall–Kier alpha value is -1.22. The second-order valence-corrected chi connectivity index (χ2v) is 5.66. The van der Waals surface area contributed by atoms with Crippen molar-refractivity contribution < 1.29 is 14.9 Å². The zero-order valence-corrected chi connectivity index (χ0v) is 13.3. The third kappa shape index (κ3) is 8.61. The van der Waals surface area contributed by atoms with E-state index in [-0.39, 0.29) is 11.5 Å². The first-order chi connectivity index (χ1) is 10.2. The number of phenols is 2. The first-order valence-corrected chi connectivity index (χ1v) is 8.32. The molecule has 0 bridgehead atoms. The summed E-state index contributed by atoms with van der Waals surface area (Å²) in [6.07, 6.45) is 11.3. The van der Waals surface area contributed by atoms with Crippen LogP contribution in [0.4, 0.5) is 0 Å². The minimum atomic E-state index is -0.0707. The van der Waals surface area contributed by atoms with E-state index in [9.17, 15) is 10.2 Å². The van der Waals surface area contributed by atoms with Gasteiger partial charge in [-0.15, -0.1) is 0 Å². The van der Waals surface area contributed by atoms with E-state index in [1.54, 1.807) is 6.07 Å². The molecule has 1 aromatic rings. The summed E-state index contributed by atoms with van der Waals surface area (Å²) in [7, 11) is 0. The Labute approximate surface area is 129 Å². The molecule has 0 aliphatic heterocycles. The van der Waals surface area contributed by atoms with E-state index in [0.29, 0.717) is 6.61 Å². The van der Waals surface area contributed by atoms with Gasteiger partial charge in [-0.1, -0.05) is 57.9 Å². The number of aromatic hydroxyl groups is 2. The van der Waals surface area contributed by atoms with Gasteiger partial charge in [-0.2, -0.15) is 0 Å². The largest absolute Gasteiger partial charge is 0.504 e. The van der Waals surface area contributed by atoms with E-state index >= 15 is 0 Å². The molecule has 3 heteroatoms. The molecule has 0 fully saturated rings. The molecule has 0 radical (unpaired) electrons. The van der Waals surface area contributed by atoms with Crippen LogP contribution in [0.15, 0.2) is 18.2 Å². The first-order valence-electron chi connectivity index (χ1n) is 8.32. The molecule has 0 aliphatic rings. The van der Waals surface area contributed by atoms with Crippen LogP contribution >= 0.6 is 0 Å². The summed E-state index contributed by atoms with van der Waals surface area (Å²) >= 11 is 0. The fourth-order valence-corrected chi connectivity index (χ4v) is 2.35. The van der Waals surface area contributed by atoms with Crippen LogP contribution in [0, 0.1) is 0 Å². The molecular formula is C18H30O3. The van der Waals surface area contributed by atoms with Crippen LogP contribution in [0.5, 0.6) is 11.5 Å². The Morgan fingerprint density at radius 1 is 0.810 bits per heavy atom. The maximum atomic E-state index is 9.39. The van der Waals surface area contributed by atoms with E-state index in [1.807, 2.05) is 6.07 Å². The molecule has 0 heterocycles. The molecule has 1 aromatic carbocycles.